The highest BCUT2D eigenvalue weighted by molar-refractivity contribution is 5.75. The second-order valence-electron chi connectivity index (χ2n) is 3.62. The van der Waals surface area contributed by atoms with E-state index >= 15 is 0 Å². The molecule has 0 aliphatic heterocycles. The minimum Gasteiger partial charge on any atom is -0.396 e. The first-order valence-corrected chi connectivity index (χ1v) is 5.16. The molecule has 16 heavy (non-hydrogen) atoms. The molecular formula is C11H12F2N2O. The standard InChI is InChI=1S/C11H12F2N2O/c12-7-4-5-8-11(10(7)13)15-9(14-8)3-1-2-6-16/h4-5,16H,1-3,6H2,(H,14,15). The van der Waals surface area contributed by atoms with Gasteiger partial charge in [0.25, 0.3) is 0 Å². The summed E-state index contributed by atoms with van der Waals surface area (Å²) in [7, 11) is 0. The lowest BCUT2D eigenvalue weighted by Crippen LogP contribution is -1.90. The smallest absolute Gasteiger partial charge is 0.186 e. The van der Waals surface area contributed by atoms with Gasteiger partial charge < -0.3 is 10.1 Å². The van der Waals surface area contributed by atoms with Gasteiger partial charge in [-0.15, -0.1) is 0 Å². The maximum Gasteiger partial charge on any atom is 0.186 e. The Kier molecular flexibility index (Phi) is 3.14. The fourth-order valence-electron chi connectivity index (χ4n) is 1.59. The predicted molar refractivity (Wildman–Crippen MR) is 56.0 cm³/mol. The predicted octanol–water partition coefficient (Wildman–Crippen LogP) is 2.16. The molecule has 2 aromatic rings. The molecule has 1 aromatic carbocycles. The molecule has 0 aliphatic carbocycles. The topological polar surface area (TPSA) is 48.9 Å². The van der Waals surface area contributed by atoms with Crippen LogP contribution in [-0.2, 0) is 6.42 Å². The third-order valence-electron chi connectivity index (χ3n) is 2.42. The van der Waals surface area contributed by atoms with Gasteiger partial charge in [0.15, 0.2) is 11.6 Å². The summed E-state index contributed by atoms with van der Waals surface area (Å²) < 4.78 is 26.2. The van der Waals surface area contributed by atoms with E-state index in [1.165, 1.54) is 6.07 Å². The van der Waals surface area contributed by atoms with E-state index < -0.39 is 11.6 Å². The van der Waals surface area contributed by atoms with Crippen molar-refractivity contribution in [3.63, 3.8) is 0 Å². The molecule has 0 saturated heterocycles. The second kappa shape index (κ2) is 4.57. The minimum absolute atomic E-state index is 0.0407. The second-order valence-corrected chi connectivity index (χ2v) is 3.62. The normalized spacial score (nSPS) is 11.2. The van der Waals surface area contributed by atoms with Crippen molar-refractivity contribution in [2.45, 2.75) is 19.3 Å². The molecule has 0 saturated carbocycles. The zero-order chi connectivity index (χ0) is 11.5. The maximum absolute atomic E-state index is 13.3. The molecule has 1 heterocycles. The van der Waals surface area contributed by atoms with Crippen LogP contribution in [0.15, 0.2) is 12.1 Å². The molecule has 5 heteroatoms. The van der Waals surface area contributed by atoms with E-state index in [1.807, 2.05) is 0 Å². The average Bonchev–Trinajstić information content (AvgIpc) is 2.68. The molecule has 0 fully saturated rings. The van der Waals surface area contributed by atoms with Crippen LogP contribution in [0.3, 0.4) is 0 Å². The molecule has 3 nitrogen and oxygen atoms in total. The van der Waals surface area contributed by atoms with Crippen LogP contribution in [0, 0.1) is 11.6 Å². The monoisotopic (exact) mass is 226 g/mol. The number of rotatable bonds is 4. The molecule has 0 spiro atoms. The van der Waals surface area contributed by atoms with Gasteiger partial charge in [0.2, 0.25) is 0 Å². The lowest BCUT2D eigenvalue weighted by Gasteiger charge is -1.93. The van der Waals surface area contributed by atoms with E-state index in [2.05, 4.69) is 9.97 Å². The summed E-state index contributed by atoms with van der Waals surface area (Å²) in [6.45, 7) is 0.128. The van der Waals surface area contributed by atoms with Crippen LogP contribution in [0.2, 0.25) is 0 Å². The first-order chi connectivity index (χ1) is 7.72. The van der Waals surface area contributed by atoms with Gasteiger partial charge in [-0.3, -0.25) is 0 Å². The van der Waals surface area contributed by atoms with Gasteiger partial charge in [0, 0.05) is 13.0 Å². The number of hydrogen-bond acceptors (Lipinski definition) is 2. The Balaban J connectivity index is 2.26. The molecule has 0 unspecified atom stereocenters. The summed E-state index contributed by atoms with van der Waals surface area (Å²) in [6.07, 6.45) is 2.06. The molecule has 0 amide bonds. The van der Waals surface area contributed by atoms with Gasteiger partial charge in [-0.1, -0.05) is 0 Å². The van der Waals surface area contributed by atoms with Crippen LogP contribution in [0.1, 0.15) is 18.7 Å². The Bertz CT molecular complexity index is 496. The molecule has 0 bridgehead atoms. The summed E-state index contributed by atoms with van der Waals surface area (Å²) in [5.41, 5.74) is 0.539. The number of hydrogen-bond donors (Lipinski definition) is 2. The molecule has 2 N–H and O–H groups in total. The molecule has 2 rings (SSSR count). The van der Waals surface area contributed by atoms with E-state index in [0.29, 0.717) is 24.2 Å². The molecule has 0 atom stereocenters. The Morgan fingerprint density at radius 3 is 2.81 bits per heavy atom. The number of aryl methyl sites for hydroxylation is 1. The number of fused-ring (bicyclic) bond motifs is 1. The van der Waals surface area contributed by atoms with Crippen LogP contribution in [0.4, 0.5) is 8.78 Å². The molecular weight excluding hydrogens is 214 g/mol. The number of H-pyrrole nitrogens is 1. The largest absolute Gasteiger partial charge is 0.396 e. The van der Waals surface area contributed by atoms with Crippen molar-refractivity contribution in [1.29, 1.82) is 0 Å². The summed E-state index contributed by atoms with van der Waals surface area (Å²) >= 11 is 0. The highest BCUT2D eigenvalue weighted by atomic mass is 19.2. The Hall–Kier alpha value is -1.49. The lowest BCUT2D eigenvalue weighted by molar-refractivity contribution is 0.284. The van der Waals surface area contributed by atoms with Crippen molar-refractivity contribution in [3.8, 4) is 0 Å². The molecule has 1 aromatic heterocycles. The fraction of sp³-hybridized carbons (Fsp3) is 0.364. The number of nitrogens with one attached hydrogen (secondary N) is 1. The van der Waals surface area contributed by atoms with E-state index in [1.54, 1.807) is 0 Å². The zero-order valence-electron chi connectivity index (χ0n) is 8.63. The van der Waals surface area contributed by atoms with Crippen LogP contribution < -0.4 is 0 Å². The number of aromatic nitrogens is 2. The van der Waals surface area contributed by atoms with Gasteiger partial charge in [0.1, 0.15) is 11.3 Å². The van der Waals surface area contributed by atoms with Gasteiger partial charge in [-0.25, -0.2) is 13.8 Å². The third kappa shape index (κ3) is 2.04. The van der Waals surface area contributed by atoms with Crippen molar-refractivity contribution in [1.82, 2.24) is 9.97 Å². The number of unbranched alkanes of at least 4 members (excludes halogenated alkanes) is 1. The molecule has 0 radical (unpaired) electrons. The highest BCUT2D eigenvalue weighted by Crippen LogP contribution is 2.18. The fourth-order valence-corrected chi connectivity index (χ4v) is 1.59. The minimum atomic E-state index is -0.915. The van der Waals surface area contributed by atoms with Crippen LogP contribution in [0.25, 0.3) is 11.0 Å². The van der Waals surface area contributed by atoms with E-state index in [0.717, 1.165) is 12.5 Å². The third-order valence-corrected chi connectivity index (χ3v) is 2.42. The summed E-state index contributed by atoms with van der Waals surface area (Å²) in [5, 5.41) is 8.62. The van der Waals surface area contributed by atoms with Crippen molar-refractivity contribution in [2.24, 2.45) is 0 Å². The summed E-state index contributed by atoms with van der Waals surface area (Å²) in [6, 6.07) is 2.55. The Morgan fingerprint density at radius 2 is 2.06 bits per heavy atom. The van der Waals surface area contributed by atoms with Gasteiger partial charge in [0.05, 0.1) is 5.52 Å². The summed E-state index contributed by atoms with van der Waals surface area (Å²) in [4.78, 5) is 6.92. The van der Waals surface area contributed by atoms with Crippen LogP contribution >= 0.6 is 0 Å². The first kappa shape index (κ1) is 11.0. The SMILES string of the molecule is OCCCCc1nc2c(F)c(F)ccc2[nH]1. The summed E-state index contributed by atoms with van der Waals surface area (Å²) in [5.74, 6) is -1.18. The van der Waals surface area contributed by atoms with Crippen molar-refractivity contribution < 1.29 is 13.9 Å². The van der Waals surface area contributed by atoms with E-state index in [-0.39, 0.29) is 12.1 Å². The number of aromatic amines is 1. The van der Waals surface area contributed by atoms with E-state index in [4.69, 9.17) is 5.11 Å². The molecule has 0 aliphatic rings. The van der Waals surface area contributed by atoms with Crippen LogP contribution in [-0.4, -0.2) is 21.7 Å². The number of imidazole rings is 1. The number of aliphatic hydroxyl groups is 1. The lowest BCUT2D eigenvalue weighted by atomic mass is 10.2. The maximum atomic E-state index is 13.3. The number of halogens is 2. The highest BCUT2D eigenvalue weighted by Gasteiger charge is 2.11. The van der Waals surface area contributed by atoms with Crippen molar-refractivity contribution >= 4 is 11.0 Å². The van der Waals surface area contributed by atoms with Crippen molar-refractivity contribution in [3.05, 3.63) is 29.6 Å². The number of benzene rings is 1. The Labute approximate surface area is 91.1 Å². The molecule has 86 valence electrons. The van der Waals surface area contributed by atoms with Gasteiger partial charge in [-0.2, -0.15) is 0 Å². The number of aliphatic hydroxyl groups excluding tert-OH is 1. The zero-order valence-corrected chi connectivity index (χ0v) is 8.63. The quantitative estimate of drug-likeness (QED) is 0.785. The number of nitrogens with zero attached hydrogens (tertiary/aromatic N) is 1. The van der Waals surface area contributed by atoms with Gasteiger partial charge >= 0.3 is 0 Å². The van der Waals surface area contributed by atoms with Gasteiger partial charge in [-0.05, 0) is 25.0 Å². The Morgan fingerprint density at radius 1 is 1.25 bits per heavy atom. The van der Waals surface area contributed by atoms with Crippen molar-refractivity contribution in [2.75, 3.05) is 6.61 Å². The van der Waals surface area contributed by atoms with Crippen LogP contribution in [0.5, 0.6) is 0 Å². The van der Waals surface area contributed by atoms with E-state index in [9.17, 15) is 8.78 Å². The average molecular weight is 226 g/mol. The first-order valence-electron chi connectivity index (χ1n) is 5.16.